The summed E-state index contributed by atoms with van der Waals surface area (Å²) in [5.41, 5.74) is 6.21. The monoisotopic (exact) mass is 183 g/mol. The third kappa shape index (κ3) is 2.53. The molecule has 0 amide bonds. The molecule has 2 N–H and O–H groups in total. The van der Waals surface area contributed by atoms with E-state index in [1.807, 2.05) is 0 Å². The molecule has 1 rings (SSSR count). The van der Waals surface area contributed by atoms with E-state index in [1.165, 1.54) is 0 Å². The number of carbonyl (C=O) groups excluding carboxylic acids is 1. The van der Waals surface area contributed by atoms with Gasteiger partial charge in [-0.05, 0) is 36.6 Å². The van der Waals surface area contributed by atoms with Gasteiger partial charge in [0, 0.05) is 5.92 Å². The standard InChI is InChI=1S/C11H21NO/c1-10(2)4-9(6-13)5-11(3,7-10)8-12/h6,9H,4-5,7-8,12H2,1-3H3. The average molecular weight is 183 g/mol. The van der Waals surface area contributed by atoms with Gasteiger partial charge in [-0.3, -0.25) is 0 Å². The van der Waals surface area contributed by atoms with Crippen LogP contribution >= 0.6 is 0 Å². The van der Waals surface area contributed by atoms with Crippen molar-refractivity contribution >= 4 is 6.29 Å². The van der Waals surface area contributed by atoms with Crippen LogP contribution in [0.1, 0.15) is 40.0 Å². The van der Waals surface area contributed by atoms with Gasteiger partial charge in [-0.2, -0.15) is 0 Å². The minimum Gasteiger partial charge on any atom is -0.330 e. The highest BCUT2D eigenvalue weighted by Crippen LogP contribution is 2.47. The number of nitrogens with two attached hydrogens (primary N) is 1. The van der Waals surface area contributed by atoms with Gasteiger partial charge in [0.15, 0.2) is 0 Å². The molecule has 1 aliphatic rings. The second kappa shape index (κ2) is 3.41. The Bertz CT molecular complexity index is 200. The number of hydrogen-bond acceptors (Lipinski definition) is 2. The molecule has 0 saturated heterocycles. The van der Waals surface area contributed by atoms with E-state index >= 15 is 0 Å². The zero-order valence-electron chi connectivity index (χ0n) is 8.97. The van der Waals surface area contributed by atoms with Crippen molar-refractivity contribution in [3.8, 4) is 0 Å². The smallest absolute Gasteiger partial charge is 0.123 e. The molecule has 0 aliphatic heterocycles. The van der Waals surface area contributed by atoms with Gasteiger partial charge < -0.3 is 10.5 Å². The molecule has 2 unspecified atom stereocenters. The lowest BCUT2D eigenvalue weighted by Crippen LogP contribution is -2.40. The Morgan fingerprint density at radius 1 is 1.38 bits per heavy atom. The van der Waals surface area contributed by atoms with Crippen LogP contribution in [0, 0.1) is 16.7 Å². The van der Waals surface area contributed by atoms with Crippen LogP contribution in [-0.2, 0) is 4.79 Å². The van der Waals surface area contributed by atoms with E-state index < -0.39 is 0 Å². The lowest BCUT2D eigenvalue weighted by Gasteiger charge is -2.44. The Labute approximate surface area is 80.9 Å². The molecule has 2 nitrogen and oxygen atoms in total. The SMILES string of the molecule is CC1(C)CC(C=O)CC(C)(CN)C1. The Balaban J connectivity index is 2.76. The summed E-state index contributed by atoms with van der Waals surface area (Å²) < 4.78 is 0. The van der Waals surface area contributed by atoms with Gasteiger partial charge in [-0.1, -0.05) is 20.8 Å². The molecule has 0 bridgehead atoms. The molecular weight excluding hydrogens is 162 g/mol. The van der Waals surface area contributed by atoms with Gasteiger partial charge in [-0.25, -0.2) is 0 Å². The van der Waals surface area contributed by atoms with Crippen molar-refractivity contribution in [2.45, 2.75) is 40.0 Å². The number of carbonyl (C=O) groups is 1. The lowest BCUT2D eigenvalue weighted by atomic mass is 9.61. The summed E-state index contributed by atoms with van der Waals surface area (Å²) in [5.74, 6) is 0.220. The van der Waals surface area contributed by atoms with E-state index in [-0.39, 0.29) is 16.7 Å². The van der Waals surface area contributed by atoms with Gasteiger partial charge in [0.2, 0.25) is 0 Å². The summed E-state index contributed by atoms with van der Waals surface area (Å²) in [6.45, 7) is 7.36. The van der Waals surface area contributed by atoms with Crippen molar-refractivity contribution < 1.29 is 4.79 Å². The van der Waals surface area contributed by atoms with Crippen LogP contribution in [0.15, 0.2) is 0 Å². The Morgan fingerprint density at radius 2 is 2.00 bits per heavy atom. The van der Waals surface area contributed by atoms with E-state index in [0.29, 0.717) is 6.54 Å². The van der Waals surface area contributed by atoms with E-state index in [2.05, 4.69) is 20.8 Å². The molecule has 1 fully saturated rings. The van der Waals surface area contributed by atoms with Gasteiger partial charge >= 0.3 is 0 Å². The number of hydrogen-bond donors (Lipinski definition) is 1. The van der Waals surface area contributed by atoms with E-state index in [1.54, 1.807) is 0 Å². The third-order valence-corrected chi connectivity index (χ3v) is 3.16. The van der Waals surface area contributed by atoms with Gasteiger partial charge in [0.25, 0.3) is 0 Å². The van der Waals surface area contributed by atoms with Crippen LogP contribution < -0.4 is 5.73 Å². The minimum atomic E-state index is 0.174. The summed E-state index contributed by atoms with van der Waals surface area (Å²) in [6, 6.07) is 0. The molecule has 1 saturated carbocycles. The maximum atomic E-state index is 10.8. The van der Waals surface area contributed by atoms with Crippen LogP contribution in [0.25, 0.3) is 0 Å². The molecule has 76 valence electrons. The summed E-state index contributed by atoms with van der Waals surface area (Å²) >= 11 is 0. The quantitative estimate of drug-likeness (QED) is 0.665. The van der Waals surface area contributed by atoms with E-state index in [4.69, 9.17) is 5.73 Å². The van der Waals surface area contributed by atoms with Gasteiger partial charge in [0.05, 0.1) is 0 Å². The fourth-order valence-electron chi connectivity index (χ4n) is 2.97. The van der Waals surface area contributed by atoms with Gasteiger partial charge in [-0.15, -0.1) is 0 Å². The van der Waals surface area contributed by atoms with Crippen molar-refractivity contribution in [2.75, 3.05) is 6.54 Å². The molecule has 1 aliphatic carbocycles. The molecule has 0 heterocycles. The summed E-state index contributed by atoms with van der Waals surface area (Å²) in [6.07, 6.45) is 4.23. The maximum absolute atomic E-state index is 10.8. The van der Waals surface area contributed by atoms with E-state index in [9.17, 15) is 4.79 Å². The summed E-state index contributed by atoms with van der Waals surface area (Å²) in [7, 11) is 0. The average Bonchev–Trinajstić information content (AvgIpc) is 2.01. The first-order valence-electron chi connectivity index (χ1n) is 5.06. The van der Waals surface area contributed by atoms with Crippen LogP contribution in [0.2, 0.25) is 0 Å². The first-order chi connectivity index (χ1) is 5.91. The highest BCUT2D eigenvalue weighted by Gasteiger charge is 2.40. The van der Waals surface area contributed by atoms with Crippen LogP contribution in [0.5, 0.6) is 0 Å². The van der Waals surface area contributed by atoms with Crippen LogP contribution in [0.4, 0.5) is 0 Å². The Hall–Kier alpha value is -0.370. The molecule has 0 aromatic carbocycles. The largest absolute Gasteiger partial charge is 0.330 e. The minimum absolute atomic E-state index is 0.174. The van der Waals surface area contributed by atoms with Crippen molar-refractivity contribution in [2.24, 2.45) is 22.5 Å². The highest BCUT2D eigenvalue weighted by atomic mass is 16.1. The molecule has 0 aromatic heterocycles. The van der Waals surface area contributed by atoms with Crippen molar-refractivity contribution in [1.82, 2.24) is 0 Å². The van der Waals surface area contributed by atoms with Crippen LogP contribution in [0.3, 0.4) is 0 Å². The predicted molar refractivity (Wildman–Crippen MR) is 54.3 cm³/mol. The second-order valence-electron chi connectivity index (χ2n) is 5.66. The summed E-state index contributed by atoms with van der Waals surface area (Å²) in [4.78, 5) is 10.8. The Morgan fingerprint density at radius 3 is 2.46 bits per heavy atom. The first kappa shape index (κ1) is 10.7. The third-order valence-electron chi connectivity index (χ3n) is 3.16. The zero-order chi connectivity index (χ0) is 10.1. The van der Waals surface area contributed by atoms with Gasteiger partial charge in [0.1, 0.15) is 6.29 Å². The molecule has 0 aromatic rings. The summed E-state index contributed by atoms with van der Waals surface area (Å²) in [5, 5.41) is 0. The highest BCUT2D eigenvalue weighted by molar-refractivity contribution is 5.54. The predicted octanol–water partition coefficient (Wildman–Crippen LogP) is 1.98. The molecule has 0 radical (unpaired) electrons. The fourth-order valence-corrected chi connectivity index (χ4v) is 2.97. The molecule has 2 atom stereocenters. The molecular formula is C11H21NO. The normalized spacial score (nSPS) is 38.6. The molecule has 2 heteroatoms. The molecule has 13 heavy (non-hydrogen) atoms. The lowest BCUT2D eigenvalue weighted by molar-refractivity contribution is -0.115. The fraction of sp³-hybridized carbons (Fsp3) is 0.909. The number of rotatable bonds is 2. The van der Waals surface area contributed by atoms with E-state index in [0.717, 1.165) is 25.5 Å². The molecule has 0 spiro atoms. The number of aldehydes is 1. The maximum Gasteiger partial charge on any atom is 0.123 e. The zero-order valence-corrected chi connectivity index (χ0v) is 8.97. The van der Waals surface area contributed by atoms with Crippen molar-refractivity contribution in [3.63, 3.8) is 0 Å². The second-order valence-corrected chi connectivity index (χ2v) is 5.66. The van der Waals surface area contributed by atoms with Crippen molar-refractivity contribution in [3.05, 3.63) is 0 Å². The van der Waals surface area contributed by atoms with Crippen LogP contribution in [-0.4, -0.2) is 12.8 Å². The first-order valence-corrected chi connectivity index (χ1v) is 5.06. The Kier molecular flexibility index (Phi) is 2.81. The topological polar surface area (TPSA) is 43.1 Å². The van der Waals surface area contributed by atoms with Crippen molar-refractivity contribution in [1.29, 1.82) is 0 Å².